The van der Waals surface area contributed by atoms with Crippen molar-refractivity contribution in [1.29, 1.82) is 0 Å². The molecule has 10 nitrogen and oxygen atoms in total. The van der Waals surface area contributed by atoms with E-state index in [2.05, 4.69) is 10.3 Å². The summed E-state index contributed by atoms with van der Waals surface area (Å²) in [6, 6.07) is 43.9. The van der Waals surface area contributed by atoms with Crippen molar-refractivity contribution in [2.24, 2.45) is 5.73 Å². The second kappa shape index (κ2) is 17.5. The van der Waals surface area contributed by atoms with Crippen LogP contribution in [0, 0.1) is 5.82 Å². The molecule has 0 aliphatic carbocycles. The molecule has 3 heterocycles. The van der Waals surface area contributed by atoms with Gasteiger partial charge in [-0.05, 0) is 58.7 Å². The number of nitrogens with one attached hydrogen (secondary N) is 1. The van der Waals surface area contributed by atoms with E-state index in [0.717, 1.165) is 39.0 Å². The van der Waals surface area contributed by atoms with Gasteiger partial charge in [0.2, 0.25) is 0 Å². The fourth-order valence-electron chi connectivity index (χ4n) is 7.26. The normalized spacial score (nSPS) is 19.2. The van der Waals surface area contributed by atoms with Gasteiger partial charge in [-0.15, -0.1) is 0 Å². The smallest absolute Gasteiger partial charge is 0.165 e. The third kappa shape index (κ3) is 8.43. The van der Waals surface area contributed by atoms with Crippen molar-refractivity contribution in [3.63, 3.8) is 0 Å². The van der Waals surface area contributed by atoms with Crippen LogP contribution in [-0.4, -0.2) is 52.6 Å². The maximum Gasteiger partial charge on any atom is 0.165 e. The summed E-state index contributed by atoms with van der Waals surface area (Å²) < 4.78 is 48.7. The van der Waals surface area contributed by atoms with Gasteiger partial charge in [-0.1, -0.05) is 103 Å². The van der Waals surface area contributed by atoms with E-state index >= 15 is 0 Å². The molecule has 8 rings (SSSR count). The molecule has 7 aromatic rings. The van der Waals surface area contributed by atoms with Crippen molar-refractivity contribution >= 4 is 22.5 Å². The highest BCUT2D eigenvalue weighted by atomic mass is 19.1. The number of rotatable bonds is 16. The Morgan fingerprint density at radius 1 is 0.754 bits per heavy atom. The molecule has 57 heavy (non-hydrogen) atoms. The van der Waals surface area contributed by atoms with Gasteiger partial charge in [-0.3, -0.25) is 0 Å². The highest BCUT2D eigenvalue weighted by Crippen LogP contribution is 2.45. The van der Waals surface area contributed by atoms with Crippen LogP contribution in [0.2, 0.25) is 0 Å². The van der Waals surface area contributed by atoms with Gasteiger partial charge in [-0.2, -0.15) is 0 Å². The van der Waals surface area contributed by atoms with Crippen molar-refractivity contribution in [3.05, 3.63) is 175 Å². The summed E-state index contributed by atoms with van der Waals surface area (Å²) in [6.45, 7) is 1.10. The van der Waals surface area contributed by atoms with Crippen LogP contribution in [0.1, 0.15) is 22.9 Å². The van der Waals surface area contributed by atoms with Gasteiger partial charge in [0.15, 0.2) is 6.23 Å². The van der Waals surface area contributed by atoms with E-state index in [9.17, 15) is 4.39 Å². The minimum Gasteiger partial charge on any atom is -0.497 e. The van der Waals surface area contributed by atoms with Crippen LogP contribution < -0.4 is 15.8 Å². The summed E-state index contributed by atoms with van der Waals surface area (Å²) in [5, 5.41) is 4.15. The number of hydrogen-bond acceptors (Lipinski definition) is 9. The number of hydrogen-bond donors (Lipinski definition) is 2. The van der Waals surface area contributed by atoms with E-state index in [0.29, 0.717) is 37.0 Å². The standard InChI is InChI=1S/C46H44FN5O5/c1-53-38-23-17-34(18-24-38)26-54-30-46(29-48)42(56-28-33-13-7-3-8-14-33)41(55-27-32-11-5-2-6-12-32)45(57-46)52-25-39(35-15-9-4-10-16-35)40-43(49-31-50-44(40)52)51-37-21-19-36(47)20-22-37/h2-25,31,41-42,45H,26-30,48H2,1H3,(H,49,50,51)/t41-,42+,45-,46-/m1/s1. The fourth-order valence-corrected chi connectivity index (χ4v) is 7.26. The summed E-state index contributed by atoms with van der Waals surface area (Å²) in [6.07, 6.45) is 1.41. The van der Waals surface area contributed by atoms with E-state index in [1.165, 1.54) is 18.5 Å². The van der Waals surface area contributed by atoms with Crippen LogP contribution in [-0.2, 0) is 38.8 Å². The van der Waals surface area contributed by atoms with Gasteiger partial charge in [-0.25, -0.2) is 14.4 Å². The van der Waals surface area contributed by atoms with Crippen molar-refractivity contribution < 1.29 is 28.1 Å². The fraction of sp³-hybridized carbons (Fsp3) is 0.217. The van der Waals surface area contributed by atoms with E-state index in [4.69, 9.17) is 34.4 Å². The highest BCUT2D eigenvalue weighted by Gasteiger charge is 2.57. The van der Waals surface area contributed by atoms with Crippen LogP contribution in [0.3, 0.4) is 0 Å². The molecule has 0 amide bonds. The number of methoxy groups -OCH3 is 1. The predicted molar refractivity (Wildman–Crippen MR) is 217 cm³/mol. The predicted octanol–water partition coefficient (Wildman–Crippen LogP) is 8.60. The van der Waals surface area contributed by atoms with Crippen LogP contribution in [0.5, 0.6) is 5.75 Å². The second-order valence-electron chi connectivity index (χ2n) is 14.0. The van der Waals surface area contributed by atoms with Crippen molar-refractivity contribution in [2.45, 2.75) is 43.9 Å². The minimum absolute atomic E-state index is 0.0772. The van der Waals surface area contributed by atoms with Crippen LogP contribution in [0.4, 0.5) is 15.9 Å². The molecule has 1 saturated heterocycles. The van der Waals surface area contributed by atoms with Gasteiger partial charge in [0.05, 0.1) is 38.9 Å². The Morgan fingerprint density at radius 3 is 2.04 bits per heavy atom. The molecule has 0 saturated carbocycles. The molecular weight excluding hydrogens is 722 g/mol. The molecule has 0 radical (unpaired) electrons. The molecule has 11 heteroatoms. The first-order chi connectivity index (χ1) is 28.0. The van der Waals surface area contributed by atoms with Crippen molar-refractivity contribution in [2.75, 3.05) is 25.6 Å². The monoisotopic (exact) mass is 765 g/mol. The van der Waals surface area contributed by atoms with E-state index in [1.807, 2.05) is 126 Å². The van der Waals surface area contributed by atoms with Gasteiger partial charge in [0, 0.05) is 24.0 Å². The maximum atomic E-state index is 13.9. The van der Waals surface area contributed by atoms with E-state index in [1.54, 1.807) is 19.2 Å². The first kappa shape index (κ1) is 37.9. The molecule has 290 valence electrons. The molecule has 1 fully saturated rings. The zero-order valence-corrected chi connectivity index (χ0v) is 31.5. The number of fused-ring (bicyclic) bond motifs is 1. The Morgan fingerprint density at radius 2 is 1.39 bits per heavy atom. The average Bonchev–Trinajstić information content (AvgIpc) is 3.80. The molecule has 1 aliphatic heterocycles. The zero-order valence-electron chi connectivity index (χ0n) is 31.5. The van der Waals surface area contributed by atoms with Gasteiger partial charge >= 0.3 is 0 Å². The summed E-state index contributed by atoms with van der Waals surface area (Å²) in [5.74, 6) is 0.985. The molecule has 4 atom stereocenters. The first-order valence-electron chi connectivity index (χ1n) is 18.9. The number of anilines is 2. The minimum atomic E-state index is -1.14. The van der Waals surface area contributed by atoms with Crippen LogP contribution >= 0.6 is 0 Å². The van der Waals surface area contributed by atoms with Gasteiger partial charge in [0.25, 0.3) is 0 Å². The lowest BCUT2D eigenvalue weighted by molar-refractivity contribution is -0.151. The molecule has 5 aromatic carbocycles. The Bertz CT molecular complexity index is 2350. The molecule has 3 N–H and O–H groups in total. The lowest BCUT2D eigenvalue weighted by Gasteiger charge is -2.34. The summed E-state index contributed by atoms with van der Waals surface area (Å²) >= 11 is 0. The Labute approximate surface area is 331 Å². The third-order valence-electron chi connectivity index (χ3n) is 10.2. The number of ether oxygens (including phenoxy) is 5. The zero-order chi connectivity index (χ0) is 39.0. The largest absolute Gasteiger partial charge is 0.497 e. The number of aromatic nitrogens is 3. The van der Waals surface area contributed by atoms with Crippen LogP contribution in [0.25, 0.3) is 22.2 Å². The lowest BCUT2D eigenvalue weighted by atomic mass is 9.95. The number of nitrogens with zero attached hydrogens (tertiary/aromatic N) is 3. The molecule has 0 unspecified atom stereocenters. The molecule has 0 spiro atoms. The Hall–Kier alpha value is -5.95. The van der Waals surface area contributed by atoms with E-state index in [-0.39, 0.29) is 19.0 Å². The number of halogens is 1. The van der Waals surface area contributed by atoms with Gasteiger partial charge in [0.1, 0.15) is 47.2 Å². The van der Waals surface area contributed by atoms with Crippen molar-refractivity contribution in [1.82, 2.24) is 14.5 Å². The lowest BCUT2D eigenvalue weighted by Crippen LogP contribution is -2.54. The third-order valence-corrected chi connectivity index (χ3v) is 10.2. The molecule has 0 bridgehead atoms. The quantitative estimate of drug-likeness (QED) is 0.0999. The number of benzene rings is 5. The summed E-state index contributed by atoms with van der Waals surface area (Å²) in [5.41, 5.74) is 11.7. The summed E-state index contributed by atoms with van der Waals surface area (Å²) in [7, 11) is 1.64. The molecule has 2 aromatic heterocycles. The maximum absolute atomic E-state index is 13.9. The molecule has 1 aliphatic rings. The Kier molecular flexibility index (Phi) is 11.6. The van der Waals surface area contributed by atoms with E-state index < -0.39 is 24.0 Å². The second-order valence-corrected chi connectivity index (χ2v) is 14.0. The number of nitrogens with two attached hydrogens (primary N) is 1. The van der Waals surface area contributed by atoms with Crippen LogP contribution in [0.15, 0.2) is 152 Å². The van der Waals surface area contributed by atoms with Crippen molar-refractivity contribution in [3.8, 4) is 16.9 Å². The average molecular weight is 766 g/mol. The summed E-state index contributed by atoms with van der Waals surface area (Å²) in [4.78, 5) is 9.53. The first-order valence-corrected chi connectivity index (χ1v) is 18.9. The van der Waals surface area contributed by atoms with Gasteiger partial charge < -0.3 is 39.3 Å². The SMILES string of the molecule is COc1ccc(COC[C@@]2(CN)O[C@@H](n3cc(-c4ccccc4)c4c(Nc5ccc(F)cc5)ncnc43)[C@H](OCc3ccccc3)[C@@H]2OCc2ccccc2)cc1. The molecular formula is C46H44FN5O5. The highest BCUT2D eigenvalue weighted by molar-refractivity contribution is 6.02. The topological polar surface area (TPSA) is 115 Å². The Balaban J connectivity index is 1.23.